The van der Waals surface area contributed by atoms with Crippen LogP contribution >= 0.6 is 11.8 Å². The van der Waals surface area contributed by atoms with Crippen LogP contribution < -0.4 is 34.9 Å². The molecule has 1 rings (SSSR count). The second kappa shape index (κ2) is 7.53. The van der Waals surface area contributed by atoms with Crippen LogP contribution in [0.5, 0.6) is 0 Å². The summed E-state index contributed by atoms with van der Waals surface area (Å²) in [5.74, 6) is -0.862. The van der Waals surface area contributed by atoms with Gasteiger partial charge in [0.2, 0.25) is 0 Å². The molecule has 2 atom stereocenters. The molecular weight excluding hydrogens is 263 g/mol. The van der Waals surface area contributed by atoms with Crippen LogP contribution in [0.3, 0.4) is 0 Å². The summed E-state index contributed by atoms with van der Waals surface area (Å²) in [5, 5.41) is 5.53. The summed E-state index contributed by atoms with van der Waals surface area (Å²) in [6.45, 7) is 3.86. The van der Waals surface area contributed by atoms with Crippen molar-refractivity contribution in [3.63, 3.8) is 0 Å². The van der Waals surface area contributed by atoms with Crippen LogP contribution in [0.1, 0.15) is 26.7 Å². The molecule has 1 aliphatic rings. The number of urea groups is 1. The van der Waals surface area contributed by atoms with Crippen LogP contribution in [0, 0.1) is 11.3 Å². The van der Waals surface area contributed by atoms with Gasteiger partial charge in [-0.3, -0.25) is 14.4 Å². The first kappa shape index (κ1) is 18.0. The van der Waals surface area contributed by atoms with Crippen molar-refractivity contribution in [1.29, 1.82) is 0 Å². The fourth-order valence-electron chi connectivity index (χ4n) is 2.14. The molecule has 0 aliphatic carbocycles. The van der Waals surface area contributed by atoms with E-state index in [-0.39, 0.29) is 35.5 Å². The van der Waals surface area contributed by atoms with Gasteiger partial charge in [0.1, 0.15) is 5.41 Å². The van der Waals surface area contributed by atoms with Gasteiger partial charge >= 0.3 is 29.6 Å². The Hall–Kier alpha value is -0.0400. The zero-order valence-electron chi connectivity index (χ0n) is 11.3. The molecule has 1 heterocycles. The Kier molecular flexibility index (Phi) is 7.51. The van der Waals surface area contributed by atoms with Crippen LogP contribution in [0.4, 0.5) is 4.79 Å². The molecule has 96 valence electrons. The molecule has 0 aromatic heterocycles. The van der Waals surface area contributed by atoms with Gasteiger partial charge < -0.3 is 10.6 Å². The van der Waals surface area contributed by atoms with E-state index in [1.165, 1.54) is 11.8 Å². The third-order valence-corrected chi connectivity index (χ3v) is 3.89. The minimum absolute atomic E-state index is 0. The van der Waals surface area contributed by atoms with Crippen LogP contribution in [0.15, 0.2) is 0 Å². The third kappa shape index (κ3) is 3.29. The van der Waals surface area contributed by atoms with Crippen molar-refractivity contribution in [2.24, 2.45) is 11.3 Å². The topological polar surface area (TPSA) is 77.3 Å². The molecule has 1 N–H and O–H groups in total. The van der Waals surface area contributed by atoms with Crippen LogP contribution in [0.2, 0.25) is 0 Å². The molecule has 1 aliphatic heterocycles. The first-order valence-electron chi connectivity index (χ1n) is 5.59. The molecule has 0 saturated carbocycles. The van der Waals surface area contributed by atoms with Gasteiger partial charge in [-0.15, -0.1) is 0 Å². The van der Waals surface area contributed by atoms with Crippen molar-refractivity contribution < 1.29 is 43.9 Å². The molecule has 0 aromatic rings. The number of nitrogens with zero attached hydrogens (tertiary/aromatic N) is 1. The van der Waals surface area contributed by atoms with Gasteiger partial charge in [0.05, 0.1) is 0 Å². The number of hydrogen-bond donors (Lipinski definition) is 1. The Morgan fingerprint density at radius 1 is 1.39 bits per heavy atom. The summed E-state index contributed by atoms with van der Waals surface area (Å²) in [7, 11) is 0. The van der Waals surface area contributed by atoms with Crippen molar-refractivity contribution in [2.45, 2.75) is 26.7 Å². The molecule has 4 amide bonds. The molecule has 0 aromatic carbocycles. The number of amides is 4. The van der Waals surface area contributed by atoms with E-state index >= 15 is 0 Å². The van der Waals surface area contributed by atoms with E-state index in [0.717, 1.165) is 12.8 Å². The number of nitrogens with one attached hydrogen (secondary N) is 1. The number of rotatable bonds is 5. The Balaban J connectivity index is 0.00000289. The molecule has 0 bridgehead atoms. The van der Waals surface area contributed by atoms with Crippen LogP contribution in [0.25, 0.3) is 5.32 Å². The van der Waals surface area contributed by atoms with Gasteiger partial charge in [-0.05, 0) is 18.6 Å². The summed E-state index contributed by atoms with van der Waals surface area (Å²) in [4.78, 5) is 35.0. The molecule has 18 heavy (non-hydrogen) atoms. The maximum Gasteiger partial charge on any atom is 1.00 e. The average Bonchev–Trinajstić information content (AvgIpc) is 2.23. The average molecular weight is 280 g/mol. The first-order valence-corrected chi connectivity index (χ1v) is 6.99. The minimum atomic E-state index is -1.18. The smallest absolute Gasteiger partial charge is 0.394 e. The van der Waals surface area contributed by atoms with E-state index in [1.807, 2.05) is 20.1 Å². The Morgan fingerprint density at radius 2 is 2.00 bits per heavy atom. The Labute approximate surface area is 134 Å². The molecule has 0 spiro atoms. The van der Waals surface area contributed by atoms with Gasteiger partial charge in [-0.2, -0.15) is 11.8 Å². The standard InChI is InChI=1S/C11H18N2O3S.Na/c1-4-5-7(2)11(6-17-3)8(14)12-10(16)13-9(11)15;/h7H,4-6H2,1-3H3,(H2,12,13,14,15,16);/q;+1/p-1. The molecular formula is C11H17N2NaO3S. The second-order valence-corrected chi connectivity index (χ2v) is 5.14. The Bertz CT molecular complexity index is 329. The summed E-state index contributed by atoms with van der Waals surface area (Å²) in [5.41, 5.74) is -1.18. The maximum absolute atomic E-state index is 12.0. The third-order valence-electron chi connectivity index (χ3n) is 3.15. The summed E-state index contributed by atoms with van der Waals surface area (Å²) in [6.07, 6.45) is 3.46. The van der Waals surface area contributed by atoms with Crippen molar-refractivity contribution >= 4 is 29.6 Å². The van der Waals surface area contributed by atoms with E-state index < -0.39 is 23.3 Å². The molecule has 1 saturated heterocycles. The number of thioether (sulfide) groups is 1. The second-order valence-electron chi connectivity index (χ2n) is 4.27. The molecule has 5 nitrogen and oxygen atoms in total. The number of barbiturate groups is 1. The van der Waals surface area contributed by atoms with Crippen molar-refractivity contribution in [3.8, 4) is 0 Å². The predicted octanol–water partition coefficient (Wildman–Crippen LogP) is -1.07. The van der Waals surface area contributed by atoms with E-state index in [4.69, 9.17) is 0 Å². The van der Waals surface area contributed by atoms with E-state index in [0.29, 0.717) is 5.75 Å². The van der Waals surface area contributed by atoms with Gasteiger partial charge in [0.25, 0.3) is 0 Å². The molecule has 1 fully saturated rings. The summed E-state index contributed by atoms with van der Waals surface area (Å²) in [6, 6.07) is -0.847. The number of hydrogen-bond acceptors (Lipinski definition) is 4. The molecule has 7 heteroatoms. The zero-order chi connectivity index (χ0) is 13.1. The van der Waals surface area contributed by atoms with Crippen molar-refractivity contribution in [2.75, 3.05) is 12.0 Å². The van der Waals surface area contributed by atoms with Gasteiger partial charge in [0, 0.05) is 5.75 Å². The molecule has 2 unspecified atom stereocenters. The number of carbonyl (C=O) groups excluding carboxylic acids is 3. The first-order chi connectivity index (χ1) is 7.98. The monoisotopic (exact) mass is 280 g/mol. The molecule has 0 radical (unpaired) electrons. The van der Waals surface area contributed by atoms with E-state index in [9.17, 15) is 14.4 Å². The summed E-state index contributed by atoms with van der Waals surface area (Å²) >= 11 is 1.42. The number of imide groups is 2. The fraction of sp³-hybridized carbons (Fsp3) is 0.727. The fourth-order valence-corrected chi connectivity index (χ4v) is 3.13. The maximum atomic E-state index is 12.0. The largest absolute Gasteiger partial charge is 1.00 e. The normalized spacial score (nSPS) is 24.9. The van der Waals surface area contributed by atoms with Crippen LogP contribution in [-0.2, 0) is 9.59 Å². The SMILES string of the molecule is CCCC(C)C1(CSC)C(=O)[N-]C(=O)NC1=O.[Na+]. The summed E-state index contributed by atoms with van der Waals surface area (Å²) < 4.78 is 0. The minimum Gasteiger partial charge on any atom is -0.394 e. The Morgan fingerprint density at radius 3 is 2.44 bits per heavy atom. The zero-order valence-corrected chi connectivity index (χ0v) is 14.1. The van der Waals surface area contributed by atoms with Gasteiger partial charge in [-0.25, -0.2) is 0 Å². The van der Waals surface area contributed by atoms with E-state index in [1.54, 1.807) is 0 Å². The van der Waals surface area contributed by atoms with E-state index in [2.05, 4.69) is 10.6 Å². The van der Waals surface area contributed by atoms with Crippen molar-refractivity contribution in [3.05, 3.63) is 5.32 Å². The predicted molar refractivity (Wildman–Crippen MR) is 66.8 cm³/mol. The van der Waals surface area contributed by atoms with Crippen LogP contribution in [-0.4, -0.2) is 29.9 Å². The van der Waals surface area contributed by atoms with Gasteiger partial charge in [-0.1, -0.05) is 20.3 Å². The van der Waals surface area contributed by atoms with Gasteiger partial charge in [0.15, 0.2) is 17.8 Å². The number of carbonyl (C=O) groups is 3. The van der Waals surface area contributed by atoms with Crippen molar-refractivity contribution in [1.82, 2.24) is 5.32 Å². The quantitative estimate of drug-likeness (QED) is 0.514.